The molecule has 0 aliphatic heterocycles. The minimum Gasteiger partial charge on any atom is -0.366 e. The number of primary amides is 1. The number of amides is 1. The zero-order valence-corrected chi connectivity index (χ0v) is 11.3. The topological polar surface area (TPSA) is 43.1 Å². The maximum Gasteiger partial charge on any atom is 0.249 e. The number of carbonyl (C=O) groups is 1. The van der Waals surface area contributed by atoms with E-state index in [9.17, 15) is 9.18 Å². The van der Waals surface area contributed by atoms with Crippen molar-refractivity contribution >= 4 is 5.91 Å². The molecule has 0 bridgehead atoms. The predicted molar refractivity (Wildman–Crippen MR) is 74.6 cm³/mol. The molecule has 0 aliphatic rings. The molecule has 0 spiro atoms. The van der Waals surface area contributed by atoms with Gasteiger partial charge in [-0.05, 0) is 55.2 Å². The van der Waals surface area contributed by atoms with E-state index in [1.54, 1.807) is 19.1 Å². The molecular weight excluding hydrogens is 241 g/mol. The quantitative estimate of drug-likeness (QED) is 0.878. The normalized spacial score (nSPS) is 10.5. The maximum absolute atomic E-state index is 13.3. The van der Waals surface area contributed by atoms with Crippen LogP contribution >= 0.6 is 0 Å². The number of nitrogens with two attached hydrogens (primary N) is 1. The van der Waals surface area contributed by atoms with Gasteiger partial charge in [-0.25, -0.2) is 4.39 Å². The molecule has 0 saturated carbocycles. The summed E-state index contributed by atoms with van der Waals surface area (Å²) < 4.78 is 13.3. The highest BCUT2D eigenvalue weighted by atomic mass is 19.1. The number of hydrogen-bond donors (Lipinski definition) is 1. The zero-order chi connectivity index (χ0) is 14.2. The Kier molecular flexibility index (Phi) is 3.38. The van der Waals surface area contributed by atoms with Crippen molar-refractivity contribution in [1.29, 1.82) is 0 Å². The molecule has 0 atom stereocenters. The second-order valence-electron chi connectivity index (χ2n) is 4.83. The third kappa shape index (κ3) is 2.50. The lowest BCUT2D eigenvalue weighted by molar-refractivity contribution is 0.100. The van der Waals surface area contributed by atoms with Gasteiger partial charge in [-0.2, -0.15) is 0 Å². The van der Waals surface area contributed by atoms with Crippen LogP contribution in [0.3, 0.4) is 0 Å². The Morgan fingerprint density at radius 2 is 1.74 bits per heavy atom. The van der Waals surface area contributed by atoms with Crippen molar-refractivity contribution in [3.63, 3.8) is 0 Å². The van der Waals surface area contributed by atoms with Gasteiger partial charge in [-0.1, -0.05) is 23.8 Å². The van der Waals surface area contributed by atoms with E-state index in [0.29, 0.717) is 11.1 Å². The minimum atomic E-state index is -0.463. The fraction of sp³-hybridized carbons (Fsp3) is 0.188. The fourth-order valence-corrected chi connectivity index (χ4v) is 2.33. The van der Waals surface area contributed by atoms with Crippen molar-refractivity contribution in [3.05, 3.63) is 58.4 Å². The zero-order valence-electron chi connectivity index (χ0n) is 11.3. The SMILES string of the molecule is Cc1cc(C)c(C(N)=O)c(-c2ccc(F)c(C)c2)c1. The third-order valence-corrected chi connectivity index (χ3v) is 3.20. The van der Waals surface area contributed by atoms with E-state index < -0.39 is 5.91 Å². The summed E-state index contributed by atoms with van der Waals surface area (Å²) >= 11 is 0. The lowest BCUT2D eigenvalue weighted by atomic mass is 9.92. The van der Waals surface area contributed by atoms with E-state index in [2.05, 4.69) is 0 Å². The number of rotatable bonds is 2. The van der Waals surface area contributed by atoms with Crippen LogP contribution in [0.25, 0.3) is 11.1 Å². The van der Waals surface area contributed by atoms with Crippen molar-refractivity contribution in [2.24, 2.45) is 5.73 Å². The van der Waals surface area contributed by atoms with E-state index in [1.165, 1.54) is 6.07 Å². The number of aryl methyl sites for hydroxylation is 3. The molecule has 0 aliphatic carbocycles. The average Bonchev–Trinajstić information content (AvgIpc) is 2.31. The molecule has 2 nitrogen and oxygen atoms in total. The maximum atomic E-state index is 13.3. The van der Waals surface area contributed by atoms with Crippen LogP contribution in [0.5, 0.6) is 0 Å². The number of hydrogen-bond acceptors (Lipinski definition) is 1. The number of halogens is 1. The number of carbonyl (C=O) groups excluding carboxylic acids is 1. The second-order valence-corrected chi connectivity index (χ2v) is 4.83. The summed E-state index contributed by atoms with van der Waals surface area (Å²) in [6.45, 7) is 5.51. The van der Waals surface area contributed by atoms with Crippen molar-refractivity contribution in [1.82, 2.24) is 0 Å². The highest BCUT2D eigenvalue weighted by molar-refractivity contribution is 6.01. The molecule has 0 heterocycles. The van der Waals surface area contributed by atoms with Gasteiger partial charge >= 0.3 is 0 Å². The predicted octanol–water partition coefficient (Wildman–Crippen LogP) is 3.52. The first-order valence-corrected chi connectivity index (χ1v) is 6.07. The van der Waals surface area contributed by atoms with E-state index >= 15 is 0 Å². The highest BCUT2D eigenvalue weighted by Gasteiger charge is 2.14. The van der Waals surface area contributed by atoms with Crippen LogP contribution in [0.2, 0.25) is 0 Å². The Hall–Kier alpha value is -2.16. The molecule has 2 aromatic rings. The van der Waals surface area contributed by atoms with Gasteiger partial charge in [-0.15, -0.1) is 0 Å². The summed E-state index contributed by atoms with van der Waals surface area (Å²) in [5, 5.41) is 0. The largest absolute Gasteiger partial charge is 0.366 e. The summed E-state index contributed by atoms with van der Waals surface area (Å²) in [7, 11) is 0. The summed E-state index contributed by atoms with van der Waals surface area (Å²) in [5.41, 5.74) is 9.94. The summed E-state index contributed by atoms with van der Waals surface area (Å²) in [6.07, 6.45) is 0. The number of benzene rings is 2. The van der Waals surface area contributed by atoms with Crippen LogP contribution in [-0.2, 0) is 0 Å². The van der Waals surface area contributed by atoms with Crippen molar-refractivity contribution in [2.75, 3.05) is 0 Å². The molecule has 19 heavy (non-hydrogen) atoms. The molecule has 0 aromatic heterocycles. The minimum absolute atomic E-state index is 0.256. The molecule has 0 radical (unpaired) electrons. The van der Waals surface area contributed by atoms with Gasteiger partial charge in [0.25, 0.3) is 0 Å². The standard InChI is InChI=1S/C16H16FNO/c1-9-6-11(3)15(16(18)19)13(7-9)12-4-5-14(17)10(2)8-12/h4-8H,1-3H3,(H2,18,19). The van der Waals surface area contributed by atoms with Crippen LogP contribution in [-0.4, -0.2) is 5.91 Å². The Labute approximate surface area is 112 Å². The van der Waals surface area contributed by atoms with E-state index in [1.807, 2.05) is 26.0 Å². The van der Waals surface area contributed by atoms with Crippen molar-refractivity contribution in [3.8, 4) is 11.1 Å². The Morgan fingerprint density at radius 3 is 2.32 bits per heavy atom. The first kappa shape index (κ1) is 13.3. The smallest absolute Gasteiger partial charge is 0.249 e. The molecule has 2 N–H and O–H groups in total. The molecular formula is C16H16FNO. The monoisotopic (exact) mass is 257 g/mol. The van der Waals surface area contributed by atoms with Crippen LogP contribution < -0.4 is 5.73 Å². The molecule has 98 valence electrons. The van der Waals surface area contributed by atoms with Crippen molar-refractivity contribution < 1.29 is 9.18 Å². The molecule has 0 unspecified atom stereocenters. The van der Waals surface area contributed by atoms with Gasteiger partial charge in [0, 0.05) is 5.56 Å². The first-order chi connectivity index (χ1) is 8.90. The fourth-order valence-electron chi connectivity index (χ4n) is 2.33. The molecule has 1 amide bonds. The van der Waals surface area contributed by atoms with E-state index in [-0.39, 0.29) is 5.82 Å². The Morgan fingerprint density at radius 1 is 1.05 bits per heavy atom. The van der Waals surface area contributed by atoms with Gasteiger partial charge in [0.1, 0.15) is 5.82 Å². The van der Waals surface area contributed by atoms with Gasteiger partial charge in [-0.3, -0.25) is 4.79 Å². The van der Waals surface area contributed by atoms with Crippen LogP contribution in [0.4, 0.5) is 4.39 Å². The summed E-state index contributed by atoms with van der Waals surface area (Å²) in [4.78, 5) is 11.6. The Balaban J connectivity index is 2.73. The average molecular weight is 257 g/mol. The molecule has 2 rings (SSSR count). The molecule has 3 heteroatoms. The summed E-state index contributed by atoms with van der Waals surface area (Å²) in [6, 6.07) is 8.63. The molecule has 2 aromatic carbocycles. The van der Waals surface area contributed by atoms with Gasteiger partial charge in [0.15, 0.2) is 0 Å². The van der Waals surface area contributed by atoms with E-state index in [4.69, 9.17) is 5.73 Å². The summed E-state index contributed by atoms with van der Waals surface area (Å²) in [5.74, 6) is -0.719. The first-order valence-electron chi connectivity index (χ1n) is 6.07. The lowest BCUT2D eigenvalue weighted by Crippen LogP contribution is -2.14. The van der Waals surface area contributed by atoms with E-state index in [0.717, 1.165) is 22.3 Å². The Bertz CT molecular complexity index is 662. The molecule has 0 fully saturated rings. The van der Waals surface area contributed by atoms with Crippen molar-refractivity contribution in [2.45, 2.75) is 20.8 Å². The van der Waals surface area contributed by atoms with Gasteiger partial charge in [0.2, 0.25) is 5.91 Å². The van der Waals surface area contributed by atoms with Crippen LogP contribution in [0.1, 0.15) is 27.0 Å². The lowest BCUT2D eigenvalue weighted by Gasteiger charge is -2.12. The van der Waals surface area contributed by atoms with Gasteiger partial charge < -0.3 is 5.73 Å². The second kappa shape index (κ2) is 4.84. The van der Waals surface area contributed by atoms with Gasteiger partial charge in [0.05, 0.1) is 0 Å². The third-order valence-electron chi connectivity index (χ3n) is 3.20. The highest BCUT2D eigenvalue weighted by Crippen LogP contribution is 2.28. The van der Waals surface area contributed by atoms with Crippen LogP contribution in [0.15, 0.2) is 30.3 Å². The molecule has 0 saturated heterocycles. The van der Waals surface area contributed by atoms with Crippen LogP contribution in [0, 0.1) is 26.6 Å².